The lowest BCUT2D eigenvalue weighted by atomic mass is 9.95. The number of carbonyl (C=O) groups is 2. The van der Waals surface area contributed by atoms with Crippen molar-refractivity contribution in [3.8, 4) is 0 Å². The fraction of sp³-hybridized carbons (Fsp3) is 0.636. The molecule has 0 aliphatic carbocycles. The van der Waals surface area contributed by atoms with Gasteiger partial charge in [0.2, 0.25) is 0 Å². The Labute approximate surface area is 117 Å². The lowest BCUT2D eigenvalue weighted by molar-refractivity contribution is -0.162. The predicted molar refractivity (Wildman–Crippen MR) is 62.7 cm³/mol. The van der Waals surface area contributed by atoms with Crippen molar-refractivity contribution in [2.75, 3.05) is 6.61 Å². The number of ether oxygens (including phenoxy) is 3. The van der Waals surface area contributed by atoms with Gasteiger partial charge in [-0.05, 0) is 0 Å². The number of fused-ring (bicyclic) bond motifs is 2. The minimum Gasteiger partial charge on any atom is -0.750 e. The van der Waals surface area contributed by atoms with Crippen LogP contribution in [0.4, 0.5) is 0 Å². The van der Waals surface area contributed by atoms with Crippen LogP contribution in [-0.2, 0) is 39.3 Å². The molecule has 0 aromatic heterocycles. The largest absolute Gasteiger partial charge is 0.750 e. The first-order chi connectivity index (χ1) is 9.49. The molecule has 0 spiro atoms. The summed E-state index contributed by atoms with van der Waals surface area (Å²) in [6.07, 6.45) is -0.184. The van der Waals surface area contributed by atoms with E-state index in [0.29, 0.717) is 12.8 Å². The first-order valence-electron chi connectivity index (χ1n) is 5.90. The summed E-state index contributed by atoms with van der Waals surface area (Å²) >= 11 is -2.59. The highest BCUT2D eigenvalue weighted by Crippen LogP contribution is 2.38. The van der Waals surface area contributed by atoms with Crippen LogP contribution in [0.1, 0.15) is 12.8 Å². The van der Waals surface area contributed by atoms with E-state index in [0.717, 1.165) is 6.08 Å². The average molecular weight is 305 g/mol. The number of hydrogen-bond donors (Lipinski definition) is 0. The van der Waals surface area contributed by atoms with Gasteiger partial charge in [-0.3, -0.25) is 4.18 Å². The van der Waals surface area contributed by atoms with Crippen molar-refractivity contribution in [3.05, 3.63) is 12.7 Å². The summed E-state index contributed by atoms with van der Waals surface area (Å²) in [6.45, 7) is 2.70. The lowest BCUT2D eigenvalue weighted by Crippen LogP contribution is -2.36. The van der Waals surface area contributed by atoms with E-state index in [4.69, 9.17) is 9.47 Å². The Balaban J connectivity index is 1.75. The van der Waals surface area contributed by atoms with Crippen LogP contribution in [-0.4, -0.2) is 51.7 Å². The number of rotatable bonds is 6. The van der Waals surface area contributed by atoms with Gasteiger partial charge in [0.25, 0.3) is 0 Å². The van der Waals surface area contributed by atoms with Crippen LogP contribution in [0, 0.1) is 0 Å². The normalized spacial score (nSPS) is 32.6. The minimum absolute atomic E-state index is 0.336. The molecule has 2 fully saturated rings. The second-order valence-corrected chi connectivity index (χ2v) is 4.96. The van der Waals surface area contributed by atoms with E-state index in [1.165, 1.54) is 0 Å². The second-order valence-electron chi connectivity index (χ2n) is 4.36. The zero-order valence-corrected chi connectivity index (χ0v) is 11.2. The Morgan fingerprint density at radius 3 is 2.55 bits per heavy atom. The third-order valence-corrected chi connectivity index (χ3v) is 3.50. The Morgan fingerprint density at radius 2 is 2.00 bits per heavy atom. The van der Waals surface area contributed by atoms with E-state index in [1.54, 1.807) is 0 Å². The first-order valence-corrected chi connectivity index (χ1v) is 6.90. The van der Waals surface area contributed by atoms with E-state index in [9.17, 15) is 18.4 Å². The molecule has 0 aromatic rings. The molecule has 2 saturated heterocycles. The molecule has 0 radical (unpaired) electrons. The molecule has 5 unspecified atom stereocenters. The number of carbonyl (C=O) groups excluding carboxylic acids is 2. The first kappa shape index (κ1) is 15.1. The van der Waals surface area contributed by atoms with Gasteiger partial charge in [0.1, 0.15) is 12.2 Å². The van der Waals surface area contributed by atoms with Crippen LogP contribution in [0.15, 0.2) is 12.7 Å². The van der Waals surface area contributed by atoms with Crippen LogP contribution < -0.4 is 0 Å². The Kier molecular flexibility index (Phi) is 4.86. The zero-order valence-electron chi connectivity index (χ0n) is 10.4. The zero-order chi connectivity index (χ0) is 14.7. The van der Waals surface area contributed by atoms with Crippen molar-refractivity contribution in [2.24, 2.45) is 0 Å². The molecule has 0 amide bonds. The van der Waals surface area contributed by atoms with Gasteiger partial charge in [0.05, 0.1) is 23.6 Å². The van der Waals surface area contributed by atoms with Crippen molar-refractivity contribution in [2.45, 2.75) is 37.3 Å². The van der Waals surface area contributed by atoms with Gasteiger partial charge in [0, 0.05) is 18.9 Å². The molecule has 0 saturated carbocycles. The molecule has 2 bridgehead atoms. The smallest absolute Gasteiger partial charge is 0.344 e. The van der Waals surface area contributed by atoms with Crippen LogP contribution >= 0.6 is 0 Å². The summed E-state index contributed by atoms with van der Waals surface area (Å²) in [5.41, 5.74) is 0. The Bertz CT molecular complexity index is 436. The molecule has 2 heterocycles. The summed E-state index contributed by atoms with van der Waals surface area (Å²) in [6, 6.07) is 0. The van der Waals surface area contributed by atoms with Gasteiger partial charge < -0.3 is 18.8 Å². The maximum absolute atomic E-state index is 11.4. The monoisotopic (exact) mass is 305 g/mol. The van der Waals surface area contributed by atoms with Crippen LogP contribution in [0.3, 0.4) is 0 Å². The van der Waals surface area contributed by atoms with Crippen LogP contribution in [0.2, 0.25) is 0 Å². The van der Waals surface area contributed by atoms with Gasteiger partial charge in [-0.2, -0.15) is 0 Å². The van der Waals surface area contributed by atoms with E-state index in [-0.39, 0.29) is 0 Å². The fourth-order valence-corrected chi connectivity index (χ4v) is 2.70. The highest BCUT2D eigenvalue weighted by atomic mass is 32.2. The molecule has 2 aliphatic heterocycles. The van der Waals surface area contributed by atoms with Crippen molar-refractivity contribution < 1.29 is 36.7 Å². The molecule has 2 rings (SSSR count). The minimum atomic E-state index is -2.59. The number of hydrogen-bond acceptors (Lipinski definition) is 8. The van der Waals surface area contributed by atoms with Gasteiger partial charge in [-0.15, -0.1) is 0 Å². The van der Waals surface area contributed by atoms with Crippen molar-refractivity contribution >= 4 is 23.3 Å². The van der Waals surface area contributed by atoms with Gasteiger partial charge in [-0.1, -0.05) is 6.58 Å². The number of esters is 2. The van der Waals surface area contributed by atoms with E-state index >= 15 is 0 Å². The molecule has 112 valence electrons. The molecule has 2 aliphatic rings. The van der Waals surface area contributed by atoms with E-state index in [2.05, 4.69) is 15.5 Å². The SMILES string of the molecule is C=CC(=O)OCC(=O)OC1CC2OC1CC2OS(=O)[O-]. The standard InChI is InChI=1S/C11H14O8S/c1-2-10(12)16-5-11(13)18-7-3-8-9(19-20(14)15)4-6(7)17-8/h2,6-9H,1,3-5H2,(H,14,15)/p-1. The summed E-state index contributed by atoms with van der Waals surface area (Å²) in [4.78, 5) is 22.2. The maximum atomic E-state index is 11.4. The highest BCUT2D eigenvalue weighted by molar-refractivity contribution is 7.74. The molecule has 9 heteroatoms. The Morgan fingerprint density at radius 1 is 1.35 bits per heavy atom. The van der Waals surface area contributed by atoms with Crippen molar-refractivity contribution in [3.63, 3.8) is 0 Å². The quantitative estimate of drug-likeness (QED) is 0.362. The van der Waals surface area contributed by atoms with Crippen LogP contribution in [0.25, 0.3) is 0 Å². The second kappa shape index (κ2) is 6.44. The molecule has 20 heavy (non-hydrogen) atoms. The molecular weight excluding hydrogens is 292 g/mol. The highest BCUT2D eigenvalue weighted by Gasteiger charge is 2.50. The lowest BCUT2D eigenvalue weighted by Gasteiger charge is -2.24. The molecular formula is C11H13O8S-. The average Bonchev–Trinajstić information content (AvgIpc) is 2.94. The molecule has 5 atom stereocenters. The van der Waals surface area contributed by atoms with Crippen molar-refractivity contribution in [1.29, 1.82) is 0 Å². The maximum Gasteiger partial charge on any atom is 0.344 e. The summed E-state index contributed by atoms with van der Waals surface area (Å²) in [7, 11) is 0. The predicted octanol–water partition coefficient (Wildman–Crippen LogP) is -0.632. The molecule has 8 nitrogen and oxygen atoms in total. The summed E-state index contributed by atoms with van der Waals surface area (Å²) < 4.78 is 40.7. The van der Waals surface area contributed by atoms with E-state index < -0.39 is 54.3 Å². The molecule has 0 N–H and O–H groups in total. The van der Waals surface area contributed by atoms with Gasteiger partial charge in [0.15, 0.2) is 6.61 Å². The van der Waals surface area contributed by atoms with Crippen LogP contribution in [0.5, 0.6) is 0 Å². The summed E-state index contributed by atoms with van der Waals surface area (Å²) in [5, 5.41) is 0. The van der Waals surface area contributed by atoms with Gasteiger partial charge >= 0.3 is 11.9 Å². The van der Waals surface area contributed by atoms with Crippen molar-refractivity contribution in [1.82, 2.24) is 0 Å². The third kappa shape index (κ3) is 3.63. The topological polar surface area (TPSA) is 111 Å². The fourth-order valence-electron chi connectivity index (χ4n) is 2.29. The third-order valence-electron chi connectivity index (χ3n) is 3.09. The van der Waals surface area contributed by atoms with Gasteiger partial charge in [-0.25, -0.2) is 13.8 Å². The van der Waals surface area contributed by atoms with E-state index in [1.807, 2.05) is 0 Å². The molecule has 0 aromatic carbocycles. The summed E-state index contributed by atoms with van der Waals surface area (Å²) in [5.74, 6) is -1.40. The Hall–Kier alpha value is -1.29.